The first-order chi connectivity index (χ1) is 9.81. The molecule has 1 heterocycles. The molecule has 1 aromatic carbocycles. The molecular formula is C15H19ClN4O. The molecule has 6 heteroatoms. The molecule has 1 aromatic heterocycles. The van der Waals surface area contributed by atoms with E-state index in [-0.39, 0.29) is 5.91 Å². The van der Waals surface area contributed by atoms with Crippen LogP contribution in [0.15, 0.2) is 18.2 Å². The van der Waals surface area contributed by atoms with Gasteiger partial charge < -0.3 is 11.1 Å². The third-order valence-corrected chi connectivity index (χ3v) is 4.04. The summed E-state index contributed by atoms with van der Waals surface area (Å²) >= 11 is 6.12. The Bertz CT molecular complexity index is 693. The molecule has 0 saturated heterocycles. The third kappa shape index (κ3) is 3.03. The molecule has 3 N–H and O–H groups in total. The number of nitrogen functional groups attached to an aromatic ring is 1. The van der Waals surface area contributed by atoms with Gasteiger partial charge in [0, 0.05) is 11.4 Å². The van der Waals surface area contributed by atoms with E-state index in [2.05, 4.69) is 10.4 Å². The van der Waals surface area contributed by atoms with E-state index in [1.54, 1.807) is 23.7 Å². The molecular weight excluding hydrogens is 288 g/mol. The molecule has 1 atom stereocenters. The molecule has 2 aromatic rings. The van der Waals surface area contributed by atoms with Crippen LogP contribution in [-0.2, 0) is 4.79 Å². The molecule has 5 nitrogen and oxygen atoms in total. The number of rotatable bonds is 3. The second-order valence-electron chi connectivity index (χ2n) is 5.17. The van der Waals surface area contributed by atoms with Gasteiger partial charge >= 0.3 is 0 Å². The van der Waals surface area contributed by atoms with Gasteiger partial charge in [-0.2, -0.15) is 5.10 Å². The Kier molecular flexibility index (Phi) is 4.23. The predicted octanol–water partition coefficient (Wildman–Crippen LogP) is 3.24. The van der Waals surface area contributed by atoms with Crippen LogP contribution in [0.25, 0.3) is 0 Å². The number of anilines is 2. The van der Waals surface area contributed by atoms with Gasteiger partial charge in [0.2, 0.25) is 5.91 Å². The Morgan fingerprint density at radius 3 is 2.57 bits per heavy atom. The average Bonchev–Trinajstić information content (AvgIpc) is 2.68. The van der Waals surface area contributed by atoms with Gasteiger partial charge in [0.05, 0.1) is 16.4 Å². The highest BCUT2D eigenvalue weighted by molar-refractivity contribution is 6.31. The molecule has 0 fully saturated rings. The zero-order chi connectivity index (χ0) is 15.7. The van der Waals surface area contributed by atoms with E-state index < -0.39 is 6.04 Å². The van der Waals surface area contributed by atoms with Crippen molar-refractivity contribution in [2.24, 2.45) is 0 Å². The first-order valence-corrected chi connectivity index (χ1v) is 7.07. The van der Waals surface area contributed by atoms with Gasteiger partial charge in [0.25, 0.3) is 0 Å². The summed E-state index contributed by atoms with van der Waals surface area (Å²) in [6, 6.07) is 4.92. The summed E-state index contributed by atoms with van der Waals surface area (Å²) in [6.07, 6.45) is 0. The van der Waals surface area contributed by atoms with E-state index in [0.29, 0.717) is 10.7 Å². The van der Waals surface area contributed by atoms with Crippen LogP contribution in [-0.4, -0.2) is 15.7 Å². The number of carbonyl (C=O) groups excluding carboxylic acids is 1. The highest BCUT2D eigenvalue weighted by Gasteiger charge is 2.20. The number of carbonyl (C=O) groups is 1. The summed E-state index contributed by atoms with van der Waals surface area (Å²) in [5, 5.41) is 7.80. The van der Waals surface area contributed by atoms with Crippen molar-refractivity contribution in [2.45, 2.75) is 33.7 Å². The van der Waals surface area contributed by atoms with Crippen molar-refractivity contribution in [1.29, 1.82) is 0 Å². The van der Waals surface area contributed by atoms with E-state index in [1.807, 2.05) is 26.8 Å². The molecule has 0 aliphatic carbocycles. The molecule has 0 bridgehead atoms. The first kappa shape index (κ1) is 15.4. The lowest BCUT2D eigenvalue weighted by molar-refractivity contribution is -0.119. The number of nitrogens with two attached hydrogens (primary N) is 1. The van der Waals surface area contributed by atoms with Crippen LogP contribution in [0.5, 0.6) is 0 Å². The molecule has 0 spiro atoms. The normalized spacial score (nSPS) is 12.2. The summed E-state index contributed by atoms with van der Waals surface area (Å²) in [5.41, 5.74) is 9.54. The van der Waals surface area contributed by atoms with Crippen LogP contribution in [0.3, 0.4) is 0 Å². The van der Waals surface area contributed by atoms with E-state index in [1.165, 1.54) is 0 Å². The van der Waals surface area contributed by atoms with Crippen molar-refractivity contribution < 1.29 is 4.79 Å². The van der Waals surface area contributed by atoms with E-state index in [4.69, 9.17) is 17.3 Å². The number of nitrogens with zero attached hydrogens (tertiary/aromatic N) is 2. The van der Waals surface area contributed by atoms with E-state index in [9.17, 15) is 4.79 Å². The Balaban J connectivity index is 2.21. The topological polar surface area (TPSA) is 72.9 Å². The molecule has 1 amide bonds. The number of nitrogens with one attached hydrogen (secondary N) is 1. The minimum absolute atomic E-state index is 0.148. The second-order valence-corrected chi connectivity index (χ2v) is 5.55. The van der Waals surface area contributed by atoms with Crippen molar-refractivity contribution in [2.75, 3.05) is 11.1 Å². The van der Waals surface area contributed by atoms with Crippen molar-refractivity contribution >= 4 is 28.9 Å². The van der Waals surface area contributed by atoms with Crippen molar-refractivity contribution in [3.8, 4) is 0 Å². The SMILES string of the molecule is Cc1cc(N)ccc1NC(=O)C(C)n1nc(C)c(Cl)c1C. The van der Waals surface area contributed by atoms with E-state index >= 15 is 0 Å². The minimum Gasteiger partial charge on any atom is -0.399 e. The number of aryl methyl sites for hydroxylation is 2. The van der Waals surface area contributed by atoms with Gasteiger partial charge in [0.1, 0.15) is 6.04 Å². The molecule has 0 radical (unpaired) electrons. The molecule has 21 heavy (non-hydrogen) atoms. The lowest BCUT2D eigenvalue weighted by Gasteiger charge is -2.16. The standard InChI is InChI=1S/C15H19ClN4O/c1-8-7-12(17)5-6-13(8)18-15(21)11(4)20-10(3)14(16)9(2)19-20/h5-7,11H,17H2,1-4H3,(H,18,21). The molecule has 112 valence electrons. The van der Waals surface area contributed by atoms with Gasteiger partial charge in [-0.05, 0) is 51.5 Å². The fourth-order valence-electron chi connectivity index (χ4n) is 2.20. The number of hydrogen-bond donors (Lipinski definition) is 2. The smallest absolute Gasteiger partial charge is 0.248 e. The lowest BCUT2D eigenvalue weighted by Crippen LogP contribution is -2.25. The number of amides is 1. The zero-order valence-corrected chi connectivity index (χ0v) is 13.3. The lowest BCUT2D eigenvalue weighted by atomic mass is 10.1. The first-order valence-electron chi connectivity index (χ1n) is 6.69. The number of hydrogen-bond acceptors (Lipinski definition) is 3. The highest BCUT2D eigenvalue weighted by atomic mass is 35.5. The summed E-state index contributed by atoms with van der Waals surface area (Å²) in [4.78, 5) is 12.4. The van der Waals surface area contributed by atoms with Crippen LogP contribution in [0.1, 0.15) is 29.9 Å². The van der Waals surface area contributed by atoms with Gasteiger partial charge in [-0.25, -0.2) is 0 Å². The molecule has 2 rings (SSSR count). The van der Waals surface area contributed by atoms with Crippen molar-refractivity contribution in [3.05, 3.63) is 40.2 Å². The number of benzene rings is 1. The quantitative estimate of drug-likeness (QED) is 0.855. The zero-order valence-electron chi connectivity index (χ0n) is 12.6. The van der Waals surface area contributed by atoms with Crippen LogP contribution in [0, 0.1) is 20.8 Å². The molecule has 0 saturated carbocycles. The van der Waals surface area contributed by atoms with Crippen LogP contribution in [0.2, 0.25) is 5.02 Å². The Morgan fingerprint density at radius 1 is 1.38 bits per heavy atom. The fraction of sp³-hybridized carbons (Fsp3) is 0.333. The van der Waals surface area contributed by atoms with Crippen LogP contribution >= 0.6 is 11.6 Å². The summed E-state index contributed by atoms with van der Waals surface area (Å²) < 4.78 is 1.64. The Labute approximate surface area is 129 Å². The van der Waals surface area contributed by atoms with Gasteiger partial charge in [-0.3, -0.25) is 9.48 Å². The summed E-state index contributed by atoms with van der Waals surface area (Å²) in [6.45, 7) is 7.36. The molecule has 0 aliphatic heterocycles. The average molecular weight is 307 g/mol. The third-order valence-electron chi connectivity index (χ3n) is 3.49. The maximum Gasteiger partial charge on any atom is 0.248 e. The van der Waals surface area contributed by atoms with E-state index in [0.717, 1.165) is 22.6 Å². The number of aromatic nitrogens is 2. The van der Waals surface area contributed by atoms with Gasteiger partial charge in [0.15, 0.2) is 0 Å². The molecule has 0 aliphatic rings. The summed E-state index contributed by atoms with van der Waals surface area (Å²) in [5.74, 6) is -0.148. The van der Waals surface area contributed by atoms with Gasteiger partial charge in [-0.15, -0.1) is 0 Å². The summed E-state index contributed by atoms with van der Waals surface area (Å²) in [7, 11) is 0. The molecule has 1 unspecified atom stereocenters. The maximum atomic E-state index is 12.4. The van der Waals surface area contributed by atoms with Crippen molar-refractivity contribution in [1.82, 2.24) is 9.78 Å². The Hall–Kier alpha value is -2.01. The van der Waals surface area contributed by atoms with Crippen LogP contribution in [0.4, 0.5) is 11.4 Å². The number of halogens is 1. The Morgan fingerprint density at radius 2 is 2.05 bits per heavy atom. The highest BCUT2D eigenvalue weighted by Crippen LogP contribution is 2.24. The monoisotopic (exact) mass is 306 g/mol. The maximum absolute atomic E-state index is 12.4. The predicted molar refractivity (Wildman–Crippen MR) is 85.6 cm³/mol. The van der Waals surface area contributed by atoms with Crippen LogP contribution < -0.4 is 11.1 Å². The minimum atomic E-state index is -0.451. The fourth-order valence-corrected chi connectivity index (χ4v) is 2.32. The second kappa shape index (κ2) is 5.77. The van der Waals surface area contributed by atoms with Gasteiger partial charge in [-0.1, -0.05) is 11.6 Å². The largest absolute Gasteiger partial charge is 0.399 e. The van der Waals surface area contributed by atoms with Crippen molar-refractivity contribution in [3.63, 3.8) is 0 Å².